The van der Waals surface area contributed by atoms with Crippen LogP contribution in [-0.4, -0.2) is 33.6 Å². The molecule has 9 nitrogen and oxygen atoms in total. The van der Waals surface area contributed by atoms with Gasteiger partial charge >= 0.3 is 5.69 Å². The van der Waals surface area contributed by atoms with Crippen LogP contribution in [0.5, 0.6) is 0 Å². The van der Waals surface area contributed by atoms with Crippen LogP contribution in [0.2, 0.25) is 5.28 Å². The van der Waals surface area contributed by atoms with Crippen molar-refractivity contribution < 1.29 is 8.42 Å². The Balaban J connectivity index is 1.92. The first-order valence-electron chi connectivity index (χ1n) is 7.60. The second-order valence-corrected chi connectivity index (χ2v) is 7.73. The van der Waals surface area contributed by atoms with E-state index in [1.165, 1.54) is 35.4 Å². The first-order chi connectivity index (χ1) is 12.2. The molecule has 2 aromatic heterocycles. The van der Waals surface area contributed by atoms with Crippen molar-refractivity contribution in [3.05, 3.63) is 56.5 Å². The molecule has 2 heterocycles. The average Bonchev–Trinajstić information content (AvgIpc) is 2.95. The zero-order valence-electron chi connectivity index (χ0n) is 14.0. The highest BCUT2D eigenvalue weighted by Gasteiger charge is 2.19. The van der Waals surface area contributed by atoms with E-state index in [0.29, 0.717) is 0 Å². The number of imidazole rings is 1. The van der Waals surface area contributed by atoms with Crippen molar-refractivity contribution in [3.8, 4) is 0 Å². The lowest BCUT2D eigenvalue weighted by molar-refractivity contribution is 0.574. The summed E-state index contributed by atoms with van der Waals surface area (Å²) in [4.78, 5) is 28.6. The van der Waals surface area contributed by atoms with E-state index in [-0.39, 0.29) is 34.4 Å². The zero-order chi connectivity index (χ0) is 19.1. The summed E-state index contributed by atoms with van der Waals surface area (Å²) >= 11 is 6.09. The lowest BCUT2D eigenvalue weighted by atomic mass is 10.4. The molecule has 1 N–H and O–H groups in total. The summed E-state index contributed by atoms with van der Waals surface area (Å²) in [5.41, 5.74) is -0.783. The normalized spacial score (nSPS) is 12.0. The van der Waals surface area contributed by atoms with Crippen molar-refractivity contribution >= 4 is 32.8 Å². The second kappa shape index (κ2) is 6.71. The Kier molecular flexibility index (Phi) is 4.74. The number of fused-ring (bicyclic) bond motifs is 1. The van der Waals surface area contributed by atoms with Crippen LogP contribution >= 0.6 is 11.6 Å². The molecule has 26 heavy (non-hydrogen) atoms. The number of aryl methyl sites for hydroxylation is 1. The third-order valence-electron chi connectivity index (χ3n) is 3.98. The number of aromatic nitrogens is 4. The number of benzene rings is 1. The molecule has 0 spiro atoms. The fourth-order valence-corrected chi connectivity index (χ4v) is 3.89. The minimum absolute atomic E-state index is 0.00258. The molecule has 0 aliphatic rings. The first kappa shape index (κ1) is 18.4. The van der Waals surface area contributed by atoms with Gasteiger partial charge in [-0.3, -0.25) is 13.9 Å². The molecule has 0 radical (unpaired) electrons. The molecule has 138 valence electrons. The Morgan fingerprint density at radius 2 is 1.77 bits per heavy atom. The maximum Gasteiger partial charge on any atom is 0.332 e. The third kappa shape index (κ3) is 3.06. The molecule has 0 fully saturated rings. The van der Waals surface area contributed by atoms with Crippen LogP contribution < -0.4 is 16.0 Å². The maximum absolute atomic E-state index is 12.4. The summed E-state index contributed by atoms with van der Waals surface area (Å²) < 4.78 is 30.5. The number of nitrogens with zero attached hydrogens (tertiary/aromatic N) is 4. The highest BCUT2D eigenvalue weighted by molar-refractivity contribution is 7.89. The van der Waals surface area contributed by atoms with Gasteiger partial charge < -0.3 is 4.57 Å². The number of sulfonamides is 1. The van der Waals surface area contributed by atoms with Crippen LogP contribution in [0, 0.1) is 0 Å². The highest BCUT2D eigenvalue weighted by Crippen LogP contribution is 2.15. The largest absolute Gasteiger partial charge is 0.332 e. The Bertz CT molecular complexity index is 1190. The molecule has 0 saturated heterocycles. The first-order valence-corrected chi connectivity index (χ1v) is 9.46. The monoisotopic (exact) mass is 397 g/mol. The predicted molar refractivity (Wildman–Crippen MR) is 96.9 cm³/mol. The van der Waals surface area contributed by atoms with Gasteiger partial charge in [0, 0.05) is 27.2 Å². The molecule has 11 heteroatoms. The molecule has 0 atom stereocenters. The molecule has 0 aliphatic carbocycles. The number of rotatable bonds is 5. The second-order valence-electron chi connectivity index (χ2n) is 5.62. The Labute approximate surface area is 153 Å². The van der Waals surface area contributed by atoms with Crippen LogP contribution in [0.4, 0.5) is 0 Å². The summed E-state index contributed by atoms with van der Waals surface area (Å²) in [6, 6.07) is 7.93. The average molecular weight is 398 g/mol. The molecule has 0 saturated carbocycles. The van der Waals surface area contributed by atoms with Gasteiger partial charge in [-0.15, -0.1) is 0 Å². The van der Waals surface area contributed by atoms with Gasteiger partial charge in [0.1, 0.15) is 0 Å². The van der Waals surface area contributed by atoms with Crippen molar-refractivity contribution in [3.63, 3.8) is 0 Å². The van der Waals surface area contributed by atoms with E-state index in [9.17, 15) is 18.0 Å². The predicted octanol–water partition coefficient (Wildman–Crippen LogP) is 0.0656. The maximum atomic E-state index is 12.4. The van der Waals surface area contributed by atoms with Crippen LogP contribution in [0.25, 0.3) is 11.2 Å². The van der Waals surface area contributed by atoms with Gasteiger partial charge in [0.2, 0.25) is 15.3 Å². The molecule has 0 bridgehead atoms. The third-order valence-corrected chi connectivity index (χ3v) is 5.75. The SMILES string of the molecule is Cn1c(=O)c2c(nc(Cl)n2CCNS(=O)(=O)c2ccccc2)n(C)c1=O. The van der Waals surface area contributed by atoms with E-state index < -0.39 is 21.3 Å². The summed E-state index contributed by atoms with van der Waals surface area (Å²) in [6.45, 7) is 0.0727. The molecule has 3 rings (SSSR count). The molecule has 0 amide bonds. The molecular weight excluding hydrogens is 382 g/mol. The number of nitrogens with one attached hydrogen (secondary N) is 1. The smallest absolute Gasteiger partial charge is 0.307 e. The van der Waals surface area contributed by atoms with Crippen LogP contribution in [0.1, 0.15) is 0 Å². The fourth-order valence-electron chi connectivity index (χ4n) is 2.60. The molecule has 1 aromatic carbocycles. The molecular formula is C15H16ClN5O4S. The lowest BCUT2D eigenvalue weighted by Crippen LogP contribution is -2.38. The number of hydrogen-bond acceptors (Lipinski definition) is 5. The van der Waals surface area contributed by atoms with Crippen molar-refractivity contribution in [2.24, 2.45) is 14.1 Å². The number of halogens is 1. The lowest BCUT2D eigenvalue weighted by Gasteiger charge is -2.09. The number of hydrogen-bond donors (Lipinski definition) is 1. The fraction of sp³-hybridized carbons (Fsp3) is 0.267. The zero-order valence-corrected chi connectivity index (χ0v) is 15.6. The van der Waals surface area contributed by atoms with Gasteiger partial charge in [-0.05, 0) is 23.7 Å². The minimum Gasteiger partial charge on any atom is -0.307 e. The Hall–Kier alpha value is -2.43. The van der Waals surface area contributed by atoms with Gasteiger partial charge in [0.05, 0.1) is 4.90 Å². The van der Waals surface area contributed by atoms with Crippen molar-refractivity contribution in [2.45, 2.75) is 11.4 Å². The highest BCUT2D eigenvalue weighted by atomic mass is 35.5. The van der Waals surface area contributed by atoms with Crippen molar-refractivity contribution in [2.75, 3.05) is 6.54 Å². The Morgan fingerprint density at radius 3 is 2.42 bits per heavy atom. The van der Waals surface area contributed by atoms with E-state index in [0.717, 1.165) is 4.57 Å². The van der Waals surface area contributed by atoms with E-state index in [2.05, 4.69) is 9.71 Å². The van der Waals surface area contributed by atoms with Gasteiger partial charge in [0.25, 0.3) is 5.56 Å². The van der Waals surface area contributed by atoms with Gasteiger partial charge in [-0.1, -0.05) is 18.2 Å². The summed E-state index contributed by atoms with van der Waals surface area (Å²) in [6.07, 6.45) is 0. The quantitative estimate of drug-likeness (QED) is 0.613. The Morgan fingerprint density at radius 1 is 1.12 bits per heavy atom. The van der Waals surface area contributed by atoms with Crippen LogP contribution in [0.3, 0.4) is 0 Å². The van der Waals surface area contributed by atoms with E-state index in [1.54, 1.807) is 18.2 Å². The van der Waals surface area contributed by atoms with Crippen LogP contribution in [-0.2, 0) is 30.7 Å². The van der Waals surface area contributed by atoms with E-state index >= 15 is 0 Å². The molecule has 3 aromatic rings. The summed E-state index contributed by atoms with van der Waals surface area (Å²) in [7, 11) is -0.842. The minimum atomic E-state index is -3.68. The van der Waals surface area contributed by atoms with Gasteiger partial charge in [-0.2, -0.15) is 4.98 Å². The molecule has 0 aliphatic heterocycles. The topological polar surface area (TPSA) is 108 Å². The van der Waals surface area contributed by atoms with Gasteiger partial charge in [-0.25, -0.2) is 17.9 Å². The summed E-state index contributed by atoms with van der Waals surface area (Å²) in [5, 5.41) is -0.00258. The van der Waals surface area contributed by atoms with E-state index in [1.807, 2.05) is 0 Å². The van der Waals surface area contributed by atoms with E-state index in [4.69, 9.17) is 11.6 Å². The molecule has 0 unspecified atom stereocenters. The van der Waals surface area contributed by atoms with Crippen molar-refractivity contribution in [1.29, 1.82) is 0 Å². The van der Waals surface area contributed by atoms with Crippen molar-refractivity contribution in [1.82, 2.24) is 23.4 Å². The summed E-state index contributed by atoms with van der Waals surface area (Å²) in [5.74, 6) is 0. The van der Waals surface area contributed by atoms with Crippen LogP contribution in [0.15, 0.2) is 44.8 Å². The standard InChI is InChI=1S/C15H16ClN5O4S/c1-19-12-11(13(22)20(2)15(19)23)21(14(16)18-12)9-8-17-26(24,25)10-6-4-3-5-7-10/h3-7,17H,8-9H2,1-2H3. The van der Waals surface area contributed by atoms with Gasteiger partial charge in [0.15, 0.2) is 11.2 Å².